The molecule has 1 aromatic carbocycles. The van der Waals surface area contributed by atoms with Crippen LogP contribution in [0.15, 0.2) is 36.7 Å². The summed E-state index contributed by atoms with van der Waals surface area (Å²) in [5.74, 6) is -0.607. The van der Waals surface area contributed by atoms with E-state index in [2.05, 4.69) is 22.7 Å². The SMILES string of the molecule is CC(=O)N1CCC(Cn2ncc3cc(N4C(S)N(c5cnc(C#N)c(C(F)(F)F)c5)C(=O)C45CCC5=O)ccc32)CC1. The first-order valence-corrected chi connectivity index (χ1v) is 14.0. The van der Waals surface area contributed by atoms with E-state index < -0.39 is 34.4 Å². The number of thiol groups is 1. The lowest BCUT2D eigenvalue weighted by Crippen LogP contribution is -2.62. The Labute approximate surface area is 244 Å². The van der Waals surface area contributed by atoms with Crippen molar-refractivity contribution in [3.8, 4) is 6.07 Å². The van der Waals surface area contributed by atoms with Crippen molar-refractivity contribution in [3.63, 3.8) is 0 Å². The number of Topliss-reactive ketones (excluding diaryl/α,β-unsaturated/α-hetero) is 1. The van der Waals surface area contributed by atoms with Crippen LogP contribution in [0.5, 0.6) is 0 Å². The van der Waals surface area contributed by atoms with E-state index >= 15 is 0 Å². The second-order valence-electron chi connectivity index (χ2n) is 10.9. The molecule has 0 bridgehead atoms. The standard InChI is InChI=1S/C28H26F3N7O3S/c1-16(39)35-8-5-17(6-9-35)15-36-23-3-2-19(10-18(23)13-34-36)38-26(42)37(25(41)27(38)7-4-24(27)40)20-11-21(28(29,30)31)22(12-32)33-14-20/h2-3,10-11,13-14,17,26,42H,4-9,15H2,1H3. The van der Waals surface area contributed by atoms with E-state index in [0.717, 1.165) is 34.8 Å². The van der Waals surface area contributed by atoms with Gasteiger partial charge in [-0.15, -0.1) is 12.6 Å². The van der Waals surface area contributed by atoms with Gasteiger partial charge in [-0.05, 0) is 49.4 Å². The number of nitriles is 1. The molecule has 2 aliphatic heterocycles. The van der Waals surface area contributed by atoms with Gasteiger partial charge in [0, 0.05) is 44.1 Å². The first-order chi connectivity index (χ1) is 20.0. The minimum absolute atomic E-state index is 0.0749. The maximum absolute atomic E-state index is 13.8. The van der Waals surface area contributed by atoms with Crippen molar-refractivity contribution in [1.29, 1.82) is 5.26 Å². The summed E-state index contributed by atoms with van der Waals surface area (Å²) in [5.41, 5.74) is -3.66. The summed E-state index contributed by atoms with van der Waals surface area (Å²) in [6.07, 6.45) is -0.0788. The van der Waals surface area contributed by atoms with Crippen molar-refractivity contribution in [3.05, 3.63) is 47.9 Å². The topological polar surface area (TPSA) is 115 Å². The molecule has 10 nitrogen and oxygen atoms in total. The molecule has 2 amide bonds. The van der Waals surface area contributed by atoms with E-state index in [-0.39, 0.29) is 30.2 Å². The monoisotopic (exact) mass is 597 g/mol. The highest BCUT2D eigenvalue weighted by Gasteiger charge is 2.66. The number of alkyl halides is 3. The number of halogens is 3. The van der Waals surface area contributed by atoms with E-state index in [1.54, 1.807) is 30.2 Å². The third-order valence-electron chi connectivity index (χ3n) is 8.58. The minimum atomic E-state index is -4.87. The molecule has 0 N–H and O–H groups in total. The van der Waals surface area contributed by atoms with Gasteiger partial charge in [-0.25, -0.2) is 4.98 Å². The third kappa shape index (κ3) is 4.29. The molecule has 1 aliphatic carbocycles. The van der Waals surface area contributed by atoms with Crippen LogP contribution in [0.4, 0.5) is 24.5 Å². The molecule has 218 valence electrons. The highest BCUT2D eigenvalue weighted by atomic mass is 32.1. The summed E-state index contributed by atoms with van der Waals surface area (Å²) >= 11 is 4.63. The first-order valence-electron chi connectivity index (χ1n) is 13.5. The lowest BCUT2D eigenvalue weighted by molar-refractivity contribution is -0.140. The molecule has 2 aromatic heterocycles. The van der Waals surface area contributed by atoms with E-state index in [0.29, 0.717) is 37.3 Å². The predicted molar refractivity (Wildman–Crippen MR) is 148 cm³/mol. The molecular weight excluding hydrogens is 571 g/mol. The summed E-state index contributed by atoms with van der Waals surface area (Å²) in [4.78, 5) is 46.5. The van der Waals surface area contributed by atoms with Crippen LogP contribution < -0.4 is 9.80 Å². The van der Waals surface area contributed by atoms with Crippen molar-refractivity contribution in [1.82, 2.24) is 19.7 Å². The van der Waals surface area contributed by atoms with Gasteiger partial charge < -0.3 is 9.80 Å². The summed E-state index contributed by atoms with van der Waals surface area (Å²) in [7, 11) is 0. The van der Waals surface area contributed by atoms with Crippen LogP contribution in [-0.2, 0) is 27.1 Å². The zero-order valence-electron chi connectivity index (χ0n) is 22.5. The Balaban J connectivity index is 1.32. The summed E-state index contributed by atoms with van der Waals surface area (Å²) in [6.45, 7) is 3.67. The number of amides is 2. The fourth-order valence-corrected chi connectivity index (χ4v) is 6.77. The Bertz CT molecular complexity index is 1660. The Hall–Kier alpha value is -4.12. The largest absolute Gasteiger partial charge is 0.419 e. The number of piperidine rings is 1. The molecule has 1 saturated carbocycles. The molecule has 6 rings (SSSR count). The van der Waals surface area contributed by atoms with Crippen molar-refractivity contribution >= 4 is 52.5 Å². The smallest absolute Gasteiger partial charge is 0.343 e. The van der Waals surface area contributed by atoms with Gasteiger partial charge in [0.05, 0.1) is 29.2 Å². The molecule has 4 heterocycles. The van der Waals surface area contributed by atoms with Crippen LogP contribution in [0.1, 0.15) is 43.9 Å². The summed E-state index contributed by atoms with van der Waals surface area (Å²) in [5, 5.41) is 14.4. The molecule has 2 atom stereocenters. The second-order valence-corrected chi connectivity index (χ2v) is 11.4. The lowest BCUT2D eigenvalue weighted by Gasteiger charge is -2.42. The number of likely N-dealkylation sites (tertiary alicyclic amines) is 1. The number of rotatable bonds is 4. The molecule has 3 aromatic rings. The van der Waals surface area contributed by atoms with Gasteiger partial charge in [0.2, 0.25) is 5.91 Å². The Morgan fingerprint density at radius 3 is 2.50 bits per heavy atom. The van der Waals surface area contributed by atoms with Gasteiger partial charge in [0.25, 0.3) is 5.91 Å². The number of anilines is 2. The van der Waals surface area contributed by atoms with Crippen LogP contribution >= 0.6 is 12.6 Å². The van der Waals surface area contributed by atoms with Crippen LogP contribution in [0.3, 0.4) is 0 Å². The van der Waals surface area contributed by atoms with Crippen LogP contribution in [0.2, 0.25) is 0 Å². The van der Waals surface area contributed by atoms with Gasteiger partial charge in [0.1, 0.15) is 6.07 Å². The van der Waals surface area contributed by atoms with E-state index in [9.17, 15) is 27.6 Å². The number of carbonyl (C=O) groups is 3. The molecular formula is C28H26F3N7O3S. The summed E-state index contributed by atoms with van der Waals surface area (Å²) < 4.78 is 42.9. The van der Waals surface area contributed by atoms with E-state index in [1.807, 2.05) is 15.6 Å². The van der Waals surface area contributed by atoms with Gasteiger partial charge in [-0.2, -0.15) is 23.5 Å². The number of hydrogen-bond donors (Lipinski definition) is 1. The Kier molecular flexibility index (Phi) is 6.68. The van der Waals surface area contributed by atoms with Crippen LogP contribution in [0, 0.1) is 17.2 Å². The van der Waals surface area contributed by atoms with Gasteiger partial charge in [-0.3, -0.25) is 24.0 Å². The lowest BCUT2D eigenvalue weighted by atomic mass is 9.73. The molecule has 3 aliphatic rings. The maximum Gasteiger partial charge on any atom is 0.419 e. The molecule has 3 fully saturated rings. The molecule has 14 heteroatoms. The highest BCUT2D eigenvalue weighted by Crippen LogP contribution is 2.49. The average molecular weight is 598 g/mol. The minimum Gasteiger partial charge on any atom is -0.343 e. The Morgan fingerprint density at radius 2 is 1.90 bits per heavy atom. The second kappa shape index (κ2) is 10.0. The number of benzene rings is 1. The third-order valence-corrected chi connectivity index (χ3v) is 9.04. The molecule has 1 spiro atoms. The van der Waals surface area contributed by atoms with Crippen LogP contribution in [-0.4, -0.2) is 61.4 Å². The van der Waals surface area contributed by atoms with Crippen molar-refractivity contribution in [2.45, 2.75) is 56.4 Å². The molecule has 2 saturated heterocycles. The van der Waals surface area contributed by atoms with Crippen LogP contribution in [0.25, 0.3) is 10.9 Å². The van der Waals surface area contributed by atoms with E-state index in [1.165, 1.54) is 6.07 Å². The molecule has 42 heavy (non-hydrogen) atoms. The number of carbonyl (C=O) groups excluding carboxylic acids is 3. The van der Waals surface area contributed by atoms with Crippen molar-refractivity contribution < 1.29 is 27.6 Å². The fourth-order valence-electron chi connectivity index (χ4n) is 6.20. The fraction of sp³-hybridized carbons (Fsp3) is 0.429. The number of nitrogens with zero attached hydrogens (tertiary/aromatic N) is 7. The van der Waals surface area contributed by atoms with Crippen molar-refractivity contribution in [2.24, 2.45) is 5.92 Å². The molecule has 0 radical (unpaired) electrons. The normalized spacial score (nSPS) is 23.1. The average Bonchev–Trinajstić information content (AvgIpc) is 3.47. The molecule has 2 unspecified atom stereocenters. The maximum atomic E-state index is 13.8. The quantitative estimate of drug-likeness (QED) is 0.360. The number of fused-ring (bicyclic) bond motifs is 1. The van der Waals surface area contributed by atoms with Gasteiger partial charge in [0.15, 0.2) is 22.5 Å². The number of ketones is 1. The van der Waals surface area contributed by atoms with Gasteiger partial charge >= 0.3 is 6.18 Å². The highest BCUT2D eigenvalue weighted by molar-refractivity contribution is 7.81. The zero-order valence-corrected chi connectivity index (χ0v) is 23.4. The number of aromatic nitrogens is 3. The first kappa shape index (κ1) is 28.0. The van der Waals surface area contributed by atoms with Crippen molar-refractivity contribution in [2.75, 3.05) is 22.9 Å². The van der Waals surface area contributed by atoms with Gasteiger partial charge in [-0.1, -0.05) is 0 Å². The zero-order chi connectivity index (χ0) is 30.0. The Morgan fingerprint density at radius 1 is 1.17 bits per heavy atom. The number of hydrogen-bond acceptors (Lipinski definition) is 8. The summed E-state index contributed by atoms with van der Waals surface area (Å²) in [6, 6.07) is 7.52. The predicted octanol–water partition coefficient (Wildman–Crippen LogP) is 3.75. The van der Waals surface area contributed by atoms with E-state index in [4.69, 9.17) is 5.26 Å². The number of pyridine rings is 1.